The van der Waals surface area contributed by atoms with Gasteiger partial charge in [-0.3, -0.25) is 0 Å². The van der Waals surface area contributed by atoms with Gasteiger partial charge in [0.2, 0.25) is 0 Å². The van der Waals surface area contributed by atoms with Crippen molar-refractivity contribution in [3.8, 4) is 0 Å². The van der Waals surface area contributed by atoms with Crippen molar-refractivity contribution in [3.63, 3.8) is 0 Å². The molecule has 0 aliphatic rings. The third-order valence-electron chi connectivity index (χ3n) is 3.89. The topological polar surface area (TPSA) is 46.5 Å². The summed E-state index contributed by atoms with van der Waals surface area (Å²) >= 11 is 0. The Kier molecular flexibility index (Phi) is 19.0. The van der Waals surface area contributed by atoms with Crippen LogP contribution < -0.4 is 0 Å². The molecule has 1 atom stereocenters. The largest absolute Gasteiger partial charge is 0.479 e. The number of ether oxygens (including phenoxy) is 1. The summed E-state index contributed by atoms with van der Waals surface area (Å²) < 4.78 is 5.33. The number of hydrogen-bond acceptors (Lipinski definition) is 2. The van der Waals surface area contributed by atoms with Crippen LogP contribution in [0.15, 0.2) is 60.8 Å². The number of carboxylic acid groups (broad SMARTS) is 1. The Hall–Kier alpha value is -1.87. The smallest absolute Gasteiger partial charge is 0.332 e. The molecule has 0 amide bonds. The molecule has 0 rings (SSSR count). The fourth-order valence-corrected chi connectivity index (χ4v) is 2.32. The van der Waals surface area contributed by atoms with E-state index in [1.54, 1.807) is 0 Å². The second-order valence-corrected chi connectivity index (χ2v) is 6.31. The van der Waals surface area contributed by atoms with Crippen LogP contribution in [0.25, 0.3) is 0 Å². The van der Waals surface area contributed by atoms with E-state index in [9.17, 15) is 4.79 Å². The van der Waals surface area contributed by atoms with Crippen molar-refractivity contribution in [2.24, 2.45) is 0 Å². The molecule has 27 heavy (non-hydrogen) atoms. The lowest BCUT2D eigenvalue weighted by atomic mass is 10.2. The van der Waals surface area contributed by atoms with E-state index in [0.717, 1.165) is 51.4 Å². The van der Waals surface area contributed by atoms with Crippen LogP contribution in [0.4, 0.5) is 0 Å². The van der Waals surface area contributed by atoms with Gasteiger partial charge in [0.15, 0.2) is 6.10 Å². The fraction of sp³-hybridized carbons (Fsp3) is 0.542. The summed E-state index contributed by atoms with van der Waals surface area (Å²) in [6, 6.07) is 0. The van der Waals surface area contributed by atoms with E-state index in [4.69, 9.17) is 9.84 Å². The lowest BCUT2D eigenvalue weighted by Gasteiger charge is -2.10. The Morgan fingerprint density at radius 3 is 1.70 bits per heavy atom. The average Bonchev–Trinajstić information content (AvgIpc) is 2.66. The maximum atomic E-state index is 10.8. The molecule has 0 bridgehead atoms. The maximum absolute atomic E-state index is 10.8. The van der Waals surface area contributed by atoms with E-state index >= 15 is 0 Å². The Morgan fingerprint density at radius 2 is 1.26 bits per heavy atom. The van der Waals surface area contributed by atoms with Gasteiger partial charge in [-0.05, 0) is 57.8 Å². The zero-order valence-electron chi connectivity index (χ0n) is 17.2. The molecule has 0 aromatic rings. The molecule has 0 aromatic carbocycles. The van der Waals surface area contributed by atoms with E-state index in [1.807, 2.05) is 6.92 Å². The standard InChI is InChI=1S/C24H38O3/c1-3-5-6-7-8-9-10-11-12-13-14-15-16-17-18-19-20-21-22-27-23(4-2)24(25)26/h5-6,8-9,11-12,14-15,17-18,23H,3-4,7,10,13,16,19-22H2,1-2H3,(H,25,26)/b6-5-,9-8-,12-11-,15-14?,18-17-. The number of aliphatic carboxylic acids is 1. The quantitative estimate of drug-likeness (QED) is 0.225. The first-order chi connectivity index (χ1) is 13.2. The molecule has 0 fully saturated rings. The van der Waals surface area contributed by atoms with Crippen LogP contribution in [0.5, 0.6) is 0 Å². The number of rotatable bonds is 17. The summed E-state index contributed by atoms with van der Waals surface area (Å²) in [5.74, 6) is -0.865. The lowest BCUT2D eigenvalue weighted by molar-refractivity contribution is -0.150. The van der Waals surface area contributed by atoms with E-state index in [1.165, 1.54) is 0 Å². The monoisotopic (exact) mass is 374 g/mol. The van der Waals surface area contributed by atoms with Gasteiger partial charge >= 0.3 is 5.97 Å². The van der Waals surface area contributed by atoms with Crippen molar-refractivity contribution in [1.29, 1.82) is 0 Å². The highest BCUT2D eigenvalue weighted by atomic mass is 16.5. The van der Waals surface area contributed by atoms with Gasteiger partial charge in [0.05, 0.1) is 0 Å². The third kappa shape index (κ3) is 18.7. The number of carbonyl (C=O) groups is 1. The minimum absolute atomic E-state index is 0.518. The molecular weight excluding hydrogens is 336 g/mol. The van der Waals surface area contributed by atoms with Gasteiger partial charge in [0.1, 0.15) is 0 Å². The molecular formula is C24H38O3. The second-order valence-electron chi connectivity index (χ2n) is 6.31. The Labute approximate surface area is 166 Å². The maximum Gasteiger partial charge on any atom is 0.332 e. The number of unbranched alkanes of at least 4 members (excludes halogenated alkanes) is 2. The van der Waals surface area contributed by atoms with Gasteiger partial charge in [0.25, 0.3) is 0 Å². The van der Waals surface area contributed by atoms with Gasteiger partial charge < -0.3 is 9.84 Å². The van der Waals surface area contributed by atoms with Crippen LogP contribution in [0, 0.1) is 0 Å². The molecule has 0 saturated carbocycles. The summed E-state index contributed by atoms with van der Waals surface area (Å²) in [5, 5.41) is 8.87. The van der Waals surface area contributed by atoms with E-state index < -0.39 is 12.1 Å². The zero-order valence-corrected chi connectivity index (χ0v) is 17.2. The summed E-state index contributed by atoms with van der Waals surface area (Å²) in [6.07, 6.45) is 29.9. The van der Waals surface area contributed by atoms with Crippen molar-refractivity contribution in [1.82, 2.24) is 0 Å². The SMILES string of the molecule is CC/C=C\C/C=C\C/C=C\CC=CC/C=C\CCCCOC(CC)C(=O)O. The Balaban J connectivity index is 3.51. The Bertz CT molecular complexity index is 484. The molecule has 1 unspecified atom stereocenters. The van der Waals surface area contributed by atoms with Crippen LogP contribution in [0.2, 0.25) is 0 Å². The van der Waals surface area contributed by atoms with Gasteiger partial charge in [-0.25, -0.2) is 4.79 Å². The third-order valence-corrected chi connectivity index (χ3v) is 3.89. The molecule has 0 radical (unpaired) electrons. The molecule has 0 heterocycles. The van der Waals surface area contributed by atoms with Crippen LogP contribution in [0.1, 0.15) is 71.6 Å². The van der Waals surface area contributed by atoms with Crippen molar-refractivity contribution < 1.29 is 14.6 Å². The molecule has 3 heteroatoms. The predicted molar refractivity (Wildman–Crippen MR) is 116 cm³/mol. The summed E-state index contributed by atoms with van der Waals surface area (Å²) in [5.41, 5.74) is 0. The first-order valence-corrected chi connectivity index (χ1v) is 10.3. The van der Waals surface area contributed by atoms with Crippen molar-refractivity contribution >= 4 is 5.97 Å². The molecule has 0 aliphatic carbocycles. The molecule has 3 nitrogen and oxygen atoms in total. The molecule has 0 saturated heterocycles. The minimum Gasteiger partial charge on any atom is -0.479 e. The van der Waals surface area contributed by atoms with Gasteiger partial charge in [-0.1, -0.05) is 74.6 Å². The van der Waals surface area contributed by atoms with Gasteiger partial charge in [-0.15, -0.1) is 0 Å². The first-order valence-electron chi connectivity index (χ1n) is 10.3. The lowest BCUT2D eigenvalue weighted by Crippen LogP contribution is -2.23. The van der Waals surface area contributed by atoms with Gasteiger partial charge in [0, 0.05) is 6.61 Å². The van der Waals surface area contributed by atoms with Crippen molar-refractivity contribution in [2.75, 3.05) is 6.61 Å². The van der Waals surface area contributed by atoms with Crippen LogP contribution in [0.3, 0.4) is 0 Å². The summed E-state index contributed by atoms with van der Waals surface area (Å²) in [4.78, 5) is 10.8. The number of carboxylic acids is 1. The zero-order chi connectivity index (χ0) is 20.0. The highest BCUT2D eigenvalue weighted by molar-refractivity contribution is 5.72. The molecule has 1 N–H and O–H groups in total. The highest BCUT2D eigenvalue weighted by Crippen LogP contribution is 2.03. The molecule has 0 spiro atoms. The predicted octanol–water partition coefficient (Wildman–Crippen LogP) is 6.79. The van der Waals surface area contributed by atoms with Crippen LogP contribution in [-0.2, 0) is 9.53 Å². The normalized spacial score (nSPS) is 13.9. The average molecular weight is 375 g/mol. The number of allylic oxidation sites excluding steroid dienone is 10. The number of hydrogen-bond donors (Lipinski definition) is 1. The van der Waals surface area contributed by atoms with E-state index in [0.29, 0.717) is 13.0 Å². The second kappa shape index (κ2) is 20.4. The Morgan fingerprint density at radius 1 is 0.778 bits per heavy atom. The van der Waals surface area contributed by atoms with Crippen molar-refractivity contribution in [3.05, 3.63) is 60.8 Å². The molecule has 0 aromatic heterocycles. The first kappa shape index (κ1) is 25.1. The van der Waals surface area contributed by atoms with Crippen LogP contribution in [-0.4, -0.2) is 23.8 Å². The summed E-state index contributed by atoms with van der Waals surface area (Å²) in [7, 11) is 0. The van der Waals surface area contributed by atoms with Crippen LogP contribution >= 0.6 is 0 Å². The van der Waals surface area contributed by atoms with Gasteiger partial charge in [-0.2, -0.15) is 0 Å². The fourth-order valence-electron chi connectivity index (χ4n) is 2.32. The molecule has 0 aliphatic heterocycles. The highest BCUT2D eigenvalue weighted by Gasteiger charge is 2.14. The molecule has 152 valence electrons. The minimum atomic E-state index is -0.865. The summed E-state index contributed by atoms with van der Waals surface area (Å²) in [6.45, 7) is 4.50. The van der Waals surface area contributed by atoms with E-state index in [2.05, 4.69) is 67.7 Å². The van der Waals surface area contributed by atoms with E-state index in [-0.39, 0.29) is 0 Å². The van der Waals surface area contributed by atoms with Crippen molar-refractivity contribution in [2.45, 2.75) is 77.7 Å².